The number of aromatic hydroxyl groups is 2. The highest BCUT2D eigenvalue weighted by Crippen LogP contribution is 2.32. The Morgan fingerprint density at radius 1 is 1.10 bits per heavy atom. The van der Waals surface area contributed by atoms with Gasteiger partial charge in [0.2, 0.25) is 11.8 Å². The Labute approximate surface area is 225 Å². The quantitative estimate of drug-likeness (QED) is 0.327. The Hall–Kier alpha value is -4.82. The van der Waals surface area contributed by atoms with Gasteiger partial charge in [-0.25, -0.2) is 9.80 Å². The van der Waals surface area contributed by atoms with E-state index in [0.717, 1.165) is 16.3 Å². The third-order valence-electron chi connectivity index (χ3n) is 7.26. The molecule has 11 nitrogen and oxygen atoms in total. The number of fused-ring (bicyclic) bond motifs is 2. The van der Waals surface area contributed by atoms with Gasteiger partial charge in [0.15, 0.2) is 11.5 Å². The van der Waals surface area contributed by atoms with Crippen LogP contribution >= 0.6 is 0 Å². The lowest BCUT2D eigenvalue weighted by molar-refractivity contribution is -0.157. The smallest absolute Gasteiger partial charge is 0.332 e. The molecule has 2 heterocycles. The Balaban J connectivity index is 1.54. The van der Waals surface area contributed by atoms with Crippen LogP contribution in [0.15, 0.2) is 60.7 Å². The molecule has 3 aromatic rings. The molecule has 2 aliphatic rings. The van der Waals surface area contributed by atoms with Crippen molar-refractivity contribution in [3.8, 4) is 17.6 Å². The predicted octanol–water partition coefficient (Wildman–Crippen LogP) is 1.75. The van der Waals surface area contributed by atoms with Gasteiger partial charge >= 0.3 is 6.03 Å². The number of piperazine rings is 1. The van der Waals surface area contributed by atoms with E-state index in [9.17, 15) is 29.9 Å². The molecule has 5 rings (SSSR count). The number of nitrogens with zero attached hydrogens (tertiary/aromatic N) is 5. The Bertz CT molecular complexity index is 1480. The molecule has 0 unspecified atom stereocenters. The number of nitrogens with one attached hydrogen (secondary N) is 1. The average molecular weight is 529 g/mol. The number of hydrogen-bond acceptors (Lipinski definition) is 7. The first-order valence-corrected chi connectivity index (χ1v) is 12.5. The van der Waals surface area contributed by atoms with Crippen molar-refractivity contribution in [3.63, 3.8) is 0 Å². The number of benzene rings is 3. The van der Waals surface area contributed by atoms with Crippen molar-refractivity contribution in [2.24, 2.45) is 0 Å². The van der Waals surface area contributed by atoms with Crippen molar-refractivity contribution in [2.45, 2.75) is 25.2 Å². The van der Waals surface area contributed by atoms with E-state index in [1.165, 1.54) is 34.1 Å². The van der Waals surface area contributed by atoms with Crippen LogP contribution in [0.2, 0.25) is 0 Å². The van der Waals surface area contributed by atoms with E-state index in [4.69, 9.17) is 0 Å². The van der Waals surface area contributed by atoms with E-state index in [1.54, 1.807) is 11.0 Å². The summed E-state index contributed by atoms with van der Waals surface area (Å²) in [6.07, 6.45) is -0.598. The molecule has 0 aromatic heterocycles. The van der Waals surface area contributed by atoms with Crippen LogP contribution in [0.1, 0.15) is 11.1 Å². The van der Waals surface area contributed by atoms with Gasteiger partial charge in [0.25, 0.3) is 0 Å². The van der Waals surface area contributed by atoms with E-state index < -0.39 is 18.2 Å². The van der Waals surface area contributed by atoms with Gasteiger partial charge in [0, 0.05) is 20.0 Å². The number of nitriles is 1. The first-order chi connectivity index (χ1) is 18.8. The normalized spacial score (nSPS) is 19.2. The van der Waals surface area contributed by atoms with Crippen LogP contribution in [-0.4, -0.2) is 86.8 Å². The van der Waals surface area contributed by atoms with Crippen LogP contribution in [0, 0.1) is 11.3 Å². The predicted molar refractivity (Wildman–Crippen MR) is 141 cm³/mol. The molecule has 2 atom stereocenters. The highest BCUT2D eigenvalue weighted by molar-refractivity contribution is 5.92. The number of hydrazine groups is 1. The van der Waals surface area contributed by atoms with Crippen LogP contribution in [0.25, 0.3) is 10.8 Å². The van der Waals surface area contributed by atoms with Crippen molar-refractivity contribution in [2.75, 3.05) is 26.7 Å². The summed E-state index contributed by atoms with van der Waals surface area (Å²) in [6.45, 7) is -0.0380. The Morgan fingerprint density at radius 2 is 1.87 bits per heavy atom. The largest absolute Gasteiger partial charge is 0.504 e. The van der Waals surface area contributed by atoms with Gasteiger partial charge in [-0.05, 0) is 34.0 Å². The standard InChI is InChI=1S/C28H28N6O5/c1-30-28(39)32(12-11-29)33-17-26(37)34-22(13-18-9-10-23(35)24(36)14-18)27(38)31(16-25(33)34)15-20-7-4-6-19-5-2-3-8-21(19)20/h2-10,14,22,25,35-36H,12-13,15-17H2,1H3,(H,30,39)/t22-,25+/m0/s1. The maximum absolute atomic E-state index is 14.0. The van der Waals surface area contributed by atoms with Gasteiger partial charge in [-0.3, -0.25) is 9.59 Å². The van der Waals surface area contributed by atoms with Gasteiger partial charge in [-0.1, -0.05) is 48.5 Å². The Kier molecular flexibility index (Phi) is 6.96. The van der Waals surface area contributed by atoms with Crippen LogP contribution < -0.4 is 5.32 Å². The zero-order chi connectivity index (χ0) is 27.7. The molecule has 2 aliphatic heterocycles. The molecule has 3 aromatic carbocycles. The third kappa shape index (κ3) is 4.78. The van der Waals surface area contributed by atoms with E-state index in [-0.39, 0.29) is 55.9 Å². The molecule has 0 aliphatic carbocycles. The van der Waals surface area contributed by atoms with Crippen LogP contribution in [-0.2, 0) is 22.6 Å². The van der Waals surface area contributed by atoms with E-state index in [1.807, 2.05) is 48.5 Å². The minimum atomic E-state index is -0.922. The maximum Gasteiger partial charge on any atom is 0.332 e. The van der Waals surface area contributed by atoms with Gasteiger partial charge < -0.3 is 25.3 Å². The second-order valence-electron chi connectivity index (χ2n) is 9.55. The van der Waals surface area contributed by atoms with Gasteiger partial charge in [-0.2, -0.15) is 10.3 Å². The second-order valence-corrected chi connectivity index (χ2v) is 9.55. The molecule has 0 spiro atoms. The summed E-state index contributed by atoms with van der Waals surface area (Å²) < 4.78 is 0. The van der Waals surface area contributed by atoms with Gasteiger partial charge in [0.1, 0.15) is 18.8 Å². The van der Waals surface area contributed by atoms with Gasteiger partial charge in [-0.15, -0.1) is 0 Å². The van der Waals surface area contributed by atoms with Crippen molar-refractivity contribution in [3.05, 3.63) is 71.8 Å². The highest BCUT2D eigenvalue weighted by Gasteiger charge is 2.52. The van der Waals surface area contributed by atoms with E-state index in [2.05, 4.69) is 5.32 Å². The molecule has 4 amide bonds. The molecule has 2 saturated heterocycles. The summed E-state index contributed by atoms with van der Waals surface area (Å²) in [6, 6.07) is 18.6. The van der Waals surface area contributed by atoms with E-state index >= 15 is 0 Å². The molecular formula is C28H28N6O5. The number of amides is 4. The number of phenols is 2. The number of rotatable bonds is 6. The zero-order valence-corrected chi connectivity index (χ0v) is 21.3. The van der Waals surface area contributed by atoms with Crippen molar-refractivity contribution < 1.29 is 24.6 Å². The summed E-state index contributed by atoms with van der Waals surface area (Å²) in [5, 5.41) is 36.4. The number of hydrogen-bond donors (Lipinski definition) is 3. The first-order valence-electron chi connectivity index (χ1n) is 12.5. The highest BCUT2D eigenvalue weighted by atomic mass is 16.3. The molecule has 2 fully saturated rings. The zero-order valence-electron chi connectivity index (χ0n) is 21.3. The molecule has 0 radical (unpaired) electrons. The molecule has 11 heteroatoms. The van der Waals surface area contributed by atoms with Gasteiger partial charge in [0.05, 0.1) is 19.2 Å². The van der Waals surface area contributed by atoms with Crippen LogP contribution in [0.4, 0.5) is 4.79 Å². The lowest BCUT2D eigenvalue weighted by atomic mass is 9.98. The lowest BCUT2D eigenvalue weighted by Crippen LogP contribution is -2.65. The fourth-order valence-electron chi connectivity index (χ4n) is 5.42. The SMILES string of the molecule is CNC(=O)N(CC#N)N1CC(=O)N2[C@@H](Cc3ccc(O)c(O)c3)C(=O)N(Cc3cccc4ccccc34)C[C@@H]21. The summed E-state index contributed by atoms with van der Waals surface area (Å²) >= 11 is 0. The maximum atomic E-state index is 14.0. The van der Waals surface area contributed by atoms with Crippen molar-refractivity contribution >= 4 is 28.6 Å². The summed E-state index contributed by atoms with van der Waals surface area (Å²) in [5.41, 5.74) is 1.49. The van der Waals surface area contributed by atoms with Crippen molar-refractivity contribution in [1.29, 1.82) is 5.26 Å². The monoisotopic (exact) mass is 528 g/mol. The minimum Gasteiger partial charge on any atom is -0.504 e. The second kappa shape index (κ2) is 10.5. The fraction of sp³-hybridized carbons (Fsp3) is 0.286. The number of carbonyl (C=O) groups is 3. The lowest BCUT2D eigenvalue weighted by Gasteiger charge is -2.46. The molecule has 0 bridgehead atoms. The number of carbonyl (C=O) groups excluding carboxylic acids is 3. The molecule has 0 saturated carbocycles. The average Bonchev–Trinajstić information content (AvgIpc) is 3.26. The summed E-state index contributed by atoms with van der Waals surface area (Å²) in [4.78, 5) is 43.1. The van der Waals surface area contributed by atoms with Crippen molar-refractivity contribution in [1.82, 2.24) is 25.1 Å². The number of phenolic OH excluding ortho intramolecular Hbond substituents is 2. The third-order valence-corrected chi connectivity index (χ3v) is 7.26. The topological polar surface area (TPSA) is 140 Å². The summed E-state index contributed by atoms with van der Waals surface area (Å²) in [5.74, 6) is -1.23. The molecule has 3 N–H and O–H groups in total. The first kappa shape index (κ1) is 25.8. The minimum absolute atomic E-state index is 0.0903. The van der Waals surface area contributed by atoms with Crippen LogP contribution in [0.3, 0.4) is 0 Å². The summed E-state index contributed by atoms with van der Waals surface area (Å²) in [7, 11) is 1.44. The molecule has 39 heavy (non-hydrogen) atoms. The molecule has 200 valence electrons. The number of urea groups is 1. The fourth-order valence-corrected chi connectivity index (χ4v) is 5.42. The molecular weight excluding hydrogens is 500 g/mol. The van der Waals surface area contributed by atoms with E-state index in [0.29, 0.717) is 5.56 Å². The Morgan fingerprint density at radius 3 is 2.62 bits per heavy atom. The van der Waals surface area contributed by atoms with Crippen LogP contribution in [0.5, 0.6) is 11.5 Å².